The van der Waals surface area contributed by atoms with Crippen LogP contribution in [0.2, 0.25) is 0 Å². The Labute approximate surface area is 153 Å². The first-order valence-electron chi connectivity index (χ1n) is 8.70. The number of carbonyl (C=O) groups is 2. The highest BCUT2D eigenvalue weighted by Crippen LogP contribution is 2.30. The van der Waals surface area contributed by atoms with Gasteiger partial charge in [-0.2, -0.15) is 0 Å². The molecule has 1 amide bonds. The van der Waals surface area contributed by atoms with Crippen molar-refractivity contribution in [3.8, 4) is 11.1 Å². The van der Waals surface area contributed by atoms with Crippen molar-refractivity contribution in [2.45, 2.75) is 46.1 Å². The Balaban J connectivity index is 1.92. The Kier molecular flexibility index (Phi) is 4.76. The van der Waals surface area contributed by atoms with Gasteiger partial charge in [0.1, 0.15) is 11.4 Å². The van der Waals surface area contributed by atoms with Gasteiger partial charge in [-0.3, -0.25) is 14.7 Å². The molecule has 2 aromatic heterocycles. The summed E-state index contributed by atoms with van der Waals surface area (Å²) in [6, 6.07) is 3.83. The number of rotatable bonds is 2. The fourth-order valence-corrected chi connectivity index (χ4v) is 2.91. The lowest BCUT2D eigenvalue weighted by Gasteiger charge is -2.30. The maximum Gasteiger partial charge on any atom is 0.416 e. The summed E-state index contributed by atoms with van der Waals surface area (Å²) in [4.78, 5) is 34.3. The molecule has 26 heavy (non-hydrogen) atoms. The zero-order valence-electron chi connectivity index (χ0n) is 15.6. The molecule has 0 N–H and O–H groups in total. The van der Waals surface area contributed by atoms with E-state index in [4.69, 9.17) is 4.74 Å². The number of anilines is 1. The highest BCUT2D eigenvalue weighted by molar-refractivity contribution is 5.95. The maximum absolute atomic E-state index is 12.5. The predicted molar refractivity (Wildman–Crippen MR) is 99.4 cm³/mol. The number of nitrogens with zero attached hydrogens (tertiary/aromatic N) is 3. The lowest BCUT2D eigenvalue weighted by molar-refractivity contribution is 0.0576. The number of Topliss-reactive ketones (excluding diaryl/α,β-unsaturated/α-hetero) is 1. The summed E-state index contributed by atoms with van der Waals surface area (Å²) in [5.74, 6) is 0.617. The molecular weight excluding hydrogens is 330 g/mol. The summed E-state index contributed by atoms with van der Waals surface area (Å²) >= 11 is 0. The van der Waals surface area contributed by atoms with Gasteiger partial charge in [-0.25, -0.2) is 9.78 Å². The van der Waals surface area contributed by atoms with Crippen molar-refractivity contribution >= 4 is 17.7 Å². The minimum atomic E-state index is -0.548. The number of ketones is 1. The van der Waals surface area contributed by atoms with E-state index in [2.05, 4.69) is 9.97 Å². The third kappa shape index (κ3) is 3.90. The van der Waals surface area contributed by atoms with Crippen molar-refractivity contribution in [2.24, 2.45) is 0 Å². The Hall–Kier alpha value is -2.76. The van der Waals surface area contributed by atoms with Gasteiger partial charge in [0.05, 0.1) is 0 Å². The minimum Gasteiger partial charge on any atom is -0.443 e. The average Bonchev–Trinajstić information content (AvgIpc) is 2.59. The highest BCUT2D eigenvalue weighted by Gasteiger charge is 2.28. The van der Waals surface area contributed by atoms with Crippen LogP contribution < -0.4 is 4.90 Å². The Bertz CT molecular complexity index is 856. The first kappa shape index (κ1) is 18.0. The number of pyridine rings is 2. The van der Waals surface area contributed by atoms with Gasteiger partial charge in [-0.15, -0.1) is 0 Å². The number of aromatic nitrogens is 2. The van der Waals surface area contributed by atoms with Crippen LogP contribution in [0.25, 0.3) is 11.1 Å². The van der Waals surface area contributed by atoms with Crippen molar-refractivity contribution in [2.75, 3.05) is 11.4 Å². The fraction of sp³-hybridized carbons (Fsp3) is 0.400. The smallest absolute Gasteiger partial charge is 0.416 e. The molecule has 0 saturated heterocycles. The predicted octanol–water partition coefficient (Wildman–Crippen LogP) is 4.03. The molecule has 136 valence electrons. The van der Waals surface area contributed by atoms with E-state index in [1.165, 1.54) is 6.92 Å². The summed E-state index contributed by atoms with van der Waals surface area (Å²) in [6.07, 6.45) is 6.30. The van der Waals surface area contributed by atoms with Crippen LogP contribution in [0.3, 0.4) is 0 Å². The van der Waals surface area contributed by atoms with Crippen molar-refractivity contribution < 1.29 is 14.3 Å². The van der Waals surface area contributed by atoms with Crippen LogP contribution in [0.4, 0.5) is 10.6 Å². The minimum absolute atomic E-state index is 0.0265. The van der Waals surface area contributed by atoms with Gasteiger partial charge >= 0.3 is 6.09 Å². The van der Waals surface area contributed by atoms with Crippen LogP contribution >= 0.6 is 0 Å². The number of hydrogen-bond acceptors (Lipinski definition) is 5. The fourth-order valence-electron chi connectivity index (χ4n) is 2.91. The molecule has 1 aliphatic heterocycles. The standard InChI is InChI=1S/C20H23N3O3/c1-13(24)15-9-16(11-21-10-15)17-8-14-6-5-7-23(18(14)22-12-17)19(25)26-20(2,3)4/h8-12H,5-7H2,1-4H3. The molecule has 6 heteroatoms. The molecule has 1 aliphatic rings. The topological polar surface area (TPSA) is 72.4 Å². The summed E-state index contributed by atoms with van der Waals surface area (Å²) in [5.41, 5.74) is 2.73. The zero-order chi connectivity index (χ0) is 18.9. The largest absolute Gasteiger partial charge is 0.443 e. The maximum atomic E-state index is 12.5. The third-order valence-electron chi connectivity index (χ3n) is 4.12. The summed E-state index contributed by atoms with van der Waals surface area (Å²) in [7, 11) is 0. The van der Waals surface area contributed by atoms with E-state index >= 15 is 0 Å². The molecule has 0 aliphatic carbocycles. The number of fused-ring (bicyclic) bond motifs is 1. The van der Waals surface area contributed by atoms with Gasteiger partial charge in [0.2, 0.25) is 0 Å². The average molecular weight is 353 g/mol. The van der Waals surface area contributed by atoms with Gasteiger partial charge in [-0.05, 0) is 58.2 Å². The second-order valence-corrected chi connectivity index (χ2v) is 7.46. The second kappa shape index (κ2) is 6.86. The quantitative estimate of drug-likeness (QED) is 0.762. The Morgan fingerprint density at radius 2 is 1.85 bits per heavy atom. The first-order valence-corrected chi connectivity index (χ1v) is 8.70. The van der Waals surface area contributed by atoms with Crippen molar-refractivity contribution in [3.63, 3.8) is 0 Å². The van der Waals surface area contributed by atoms with Crippen LogP contribution in [0.1, 0.15) is 50.0 Å². The van der Waals surface area contributed by atoms with Crippen LogP contribution in [0.5, 0.6) is 0 Å². The Morgan fingerprint density at radius 1 is 1.12 bits per heavy atom. The lowest BCUT2D eigenvalue weighted by Crippen LogP contribution is -2.40. The molecule has 3 rings (SSSR count). The number of carbonyl (C=O) groups excluding carboxylic acids is 2. The number of ether oxygens (including phenoxy) is 1. The molecule has 3 heterocycles. The molecule has 0 aromatic carbocycles. The van der Waals surface area contributed by atoms with Gasteiger partial charge in [0.25, 0.3) is 0 Å². The first-order chi connectivity index (χ1) is 12.2. The molecule has 6 nitrogen and oxygen atoms in total. The highest BCUT2D eigenvalue weighted by atomic mass is 16.6. The lowest BCUT2D eigenvalue weighted by atomic mass is 10.0. The SMILES string of the molecule is CC(=O)c1cncc(-c2cnc3c(c2)CCCN3C(=O)OC(C)(C)C)c1. The van der Waals surface area contributed by atoms with Gasteiger partial charge < -0.3 is 4.74 Å². The summed E-state index contributed by atoms with van der Waals surface area (Å²) in [6.45, 7) is 7.66. The molecule has 0 atom stereocenters. The molecular formula is C20H23N3O3. The van der Waals surface area contributed by atoms with Crippen molar-refractivity contribution in [1.82, 2.24) is 9.97 Å². The van der Waals surface area contributed by atoms with Crippen molar-refractivity contribution in [1.29, 1.82) is 0 Å². The summed E-state index contributed by atoms with van der Waals surface area (Å²) in [5, 5.41) is 0. The molecule has 0 radical (unpaired) electrons. The molecule has 0 saturated carbocycles. The number of aryl methyl sites for hydroxylation is 1. The molecule has 0 bridgehead atoms. The Morgan fingerprint density at radius 3 is 2.54 bits per heavy atom. The van der Waals surface area contributed by atoms with E-state index < -0.39 is 5.60 Å². The molecule has 0 unspecified atom stereocenters. The monoisotopic (exact) mass is 353 g/mol. The van der Waals surface area contributed by atoms with Crippen LogP contribution in [-0.4, -0.2) is 34.0 Å². The van der Waals surface area contributed by atoms with Crippen LogP contribution in [0, 0.1) is 0 Å². The number of amides is 1. The van der Waals surface area contributed by atoms with Crippen LogP contribution in [0.15, 0.2) is 30.7 Å². The zero-order valence-corrected chi connectivity index (χ0v) is 15.6. The van der Waals surface area contributed by atoms with E-state index in [9.17, 15) is 9.59 Å². The van der Waals surface area contributed by atoms with E-state index in [1.807, 2.05) is 32.9 Å². The number of hydrogen-bond donors (Lipinski definition) is 0. The normalized spacial score (nSPS) is 13.9. The van der Waals surface area contributed by atoms with E-state index in [0.29, 0.717) is 17.9 Å². The summed E-state index contributed by atoms with van der Waals surface area (Å²) < 4.78 is 5.49. The third-order valence-corrected chi connectivity index (χ3v) is 4.12. The molecule has 2 aromatic rings. The van der Waals surface area contributed by atoms with Gasteiger partial charge in [0.15, 0.2) is 5.78 Å². The van der Waals surface area contributed by atoms with Crippen molar-refractivity contribution in [3.05, 3.63) is 41.9 Å². The van der Waals surface area contributed by atoms with Gasteiger partial charge in [-0.1, -0.05) is 0 Å². The second-order valence-electron chi connectivity index (χ2n) is 7.46. The van der Waals surface area contributed by atoms with Gasteiger partial charge in [0, 0.05) is 41.8 Å². The van der Waals surface area contributed by atoms with Crippen LogP contribution in [-0.2, 0) is 11.2 Å². The van der Waals surface area contributed by atoms with E-state index in [0.717, 1.165) is 29.5 Å². The molecule has 0 spiro atoms. The van der Waals surface area contributed by atoms with E-state index in [1.54, 1.807) is 23.5 Å². The van der Waals surface area contributed by atoms with E-state index in [-0.39, 0.29) is 11.9 Å². The molecule has 0 fully saturated rings.